The topological polar surface area (TPSA) is 73.0 Å². The monoisotopic (exact) mass is 348 g/mol. The number of fused-ring (bicyclic) bond motifs is 2. The fourth-order valence-electron chi connectivity index (χ4n) is 3.39. The summed E-state index contributed by atoms with van der Waals surface area (Å²) in [6.45, 7) is 1.28. The van der Waals surface area contributed by atoms with Crippen LogP contribution < -0.4 is 9.47 Å². The number of rotatable bonds is 3. The Hall–Kier alpha value is -3.07. The van der Waals surface area contributed by atoms with Crippen molar-refractivity contribution in [2.75, 3.05) is 13.7 Å². The van der Waals surface area contributed by atoms with Crippen LogP contribution in [0.15, 0.2) is 29.8 Å². The van der Waals surface area contributed by atoms with Crippen molar-refractivity contribution >= 4 is 11.6 Å². The predicted molar refractivity (Wildman–Crippen MR) is 97.6 cm³/mol. The zero-order chi connectivity index (χ0) is 17.9. The van der Waals surface area contributed by atoms with Crippen molar-refractivity contribution in [3.8, 4) is 17.6 Å². The zero-order valence-electron chi connectivity index (χ0n) is 14.7. The minimum atomic E-state index is 0.409. The molecule has 0 saturated heterocycles. The molecular weight excluding hydrogens is 328 g/mol. The van der Waals surface area contributed by atoms with Gasteiger partial charge in [0.25, 0.3) is 0 Å². The van der Waals surface area contributed by atoms with Crippen molar-refractivity contribution < 1.29 is 9.47 Å². The summed E-state index contributed by atoms with van der Waals surface area (Å²) in [5.41, 5.74) is 2.43. The van der Waals surface area contributed by atoms with E-state index in [0.29, 0.717) is 18.0 Å². The Labute approximate surface area is 152 Å². The van der Waals surface area contributed by atoms with Gasteiger partial charge in [0.05, 0.1) is 12.7 Å². The molecule has 6 heteroatoms. The second kappa shape index (κ2) is 7.04. The molecule has 0 atom stereocenters. The van der Waals surface area contributed by atoms with Crippen molar-refractivity contribution in [2.24, 2.45) is 0 Å². The molecule has 0 amide bonds. The summed E-state index contributed by atoms with van der Waals surface area (Å²) < 4.78 is 13.1. The van der Waals surface area contributed by atoms with Crippen molar-refractivity contribution in [3.63, 3.8) is 0 Å². The lowest BCUT2D eigenvalue weighted by Crippen LogP contribution is -2.08. The Kier molecular flexibility index (Phi) is 4.44. The van der Waals surface area contributed by atoms with Gasteiger partial charge in [-0.2, -0.15) is 5.26 Å². The lowest BCUT2D eigenvalue weighted by Gasteiger charge is -2.17. The van der Waals surface area contributed by atoms with E-state index in [2.05, 4.69) is 20.8 Å². The van der Waals surface area contributed by atoms with Crippen LogP contribution in [0, 0.1) is 11.3 Å². The summed E-state index contributed by atoms with van der Waals surface area (Å²) in [7, 11) is 1.63. The maximum absolute atomic E-state index is 9.68. The van der Waals surface area contributed by atoms with Crippen LogP contribution in [0.3, 0.4) is 0 Å². The molecule has 0 unspecified atom stereocenters. The van der Waals surface area contributed by atoms with Gasteiger partial charge in [-0.05, 0) is 42.7 Å². The van der Waals surface area contributed by atoms with Gasteiger partial charge < -0.3 is 14.0 Å². The lowest BCUT2D eigenvalue weighted by molar-refractivity contribution is 0.346. The van der Waals surface area contributed by atoms with E-state index in [9.17, 15) is 5.26 Å². The molecule has 2 aliphatic rings. The highest BCUT2D eigenvalue weighted by Gasteiger charge is 2.19. The standard InChI is InChI=1S/C20H20N4O2/c1-25-17-7-6-15-9-14(13-26-18(15)11-17)10-16(12-21)20-23-22-19-5-3-2-4-8-24(19)20/h6-7,9-11H,2-5,8,13H2,1H3. The van der Waals surface area contributed by atoms with Crippen LogP contribution in [0.1, 0.15) is 36.5 Å². The fourth-order valence-corrected chi connectivity index (χ4v) is 3.39. The van der Waals surface area contributed by atoms with E-state index >= 15 is 0 Å². The predicted octanol–water partition coefficient (Wildman–Crippen LogP) is 3.40. The van der Waals surface area contributed by atoms with Crippen LogP contribution in [0.4, 0.5) is 0 Å². The number of allylic oxidation sites excluding steroid dienone is 1. The second-order valence-corrected chi connectivity index (χ2v) is 6.48. The molecule has 132 valence electrons. The minimum Gasteiger partial charge on any atom is -0.497 e. The Bertz CT molecular complexity index is 934. The largest absolute Gasteiger partial charge is 0.497 e. The maximum atomic E-state index is 9.68. The third-order valence-electron chi connectivity index (χ3n) is 4.76. The smallest absolute Gasteiger partial charge is 0.174 e. The maximum Gasteiger partial charge on any atom is 0.174 e. The molecule has 26 heavy (non-hydrogen) atoms. The molecule has 3 heterocycles. The number of nitriles is 1. The summed E-state index contributed by atoms with van der Waals surface area (Å²) in [5.74, 6) is 3.19. The van der Waals surface area contributed by atoms with Crippen molar-refractivity contribution in [3.05, 3.63) is 47.1 Å². The number of hydrogen-bond donors (Lipinski definition) is 0. The highest BCUT2D eigenvalue weighted by molar-refractivity contribution is 5.78. The molecule has 2 aromatic rings. The first kappa shape index (κ1) is 16.4. The summed E-state index contributed by atoms with van der Waals surface area (Å²) in [6.07, 6.45) is 8.23. The molecule has 0 spiro atoms. The van der Waals surface area contributed by atoms with Crippen LogP contribution in [0.5, 0.6) is 11.5 Å². The van der Waals surface area contributed by atoms with E-state index in [4.69, 9.17) is 9.47 Å². The number of aryl methyl sites for hydroxylation is 1. The second-order valence-electron chi connectivity index (χ2n) is 6.48. The lowest BCUT2D eigenvalue weighted by atomic mass is 10.0. The molecule has 4 rings (SSSR count). The SMILES string of the molecule is COc1ccc2c(c1)OCC(C=C(C#N)c1nnc3n1CCCCC3)=C2. The Morgan fingerprint density at radius 3 is 3.08 bits per heavy atom. The molecule has 2 aliphatic heterocycles. The molecular formula is C20H20N4O2. The summed E-state index contributed by atoms with van der Waals surface area (Å²) in [5, 5.41) is 18.3. The minimum absolute atomic E-state index is 0.409. The first-order chi connectivity index (χ1) is 12.8. The third-order valence-corrected chi connectivity index (χ3v) is 4.76. The number of hydrogen-bond acceptors (Lipinski definition) is 5. The number of benzene rings is 1. The van der Waals surface area contributed by atoms with E-state index in [0.717, 1.165) is 54.3 Å². The Morgan fingerprint density at radius 2 is 2.23 bits per heavy atom. The van der Waals surface area contributed by atoms with E-state index in [1.807, 2.05) is 30.4 Å². The Morgan fingerprint density at radius 1 is 1.31 bits per heavy atom. The van der Waals surface area contributed by atoms with Gasteiger partial charge in [0.15, 0.2) is 5.82 Å². The number of nitrogens with zero attached hydrogens (tertiary/aromatic N) is 4. The quantitative estimate of drug-likeness (QED) is 0.795. The molecule has 6 nitrogen and oxygen atoms in total. The molecule has 0 N–H and O–H groups in total. The first-order valence-corrected chi connectivity index (χ1v) is 8.84. The van der Waals surface area contributed by atoms with Gasteiger partial charge in [0.1, 0.15) is 30.0 Å². The molecule has 0 saturated carbocycles. The number of methoxy groups -OCH3 is 1. The van der Waals surface area contributed by atoms with Crippen LogP contribution in [0.2, 0.25) is 0 Å². The van der Waals surface area contributed by atoms with E-state index in [1.165, 1.54) is 6.42 Å². The van der Waals surface area contributed by atoms with Gasteiger partial charge in [-0.1, -0.05) is 6.42 Å². The highest BCUT2D eigenvalue weighted by atomic mass is 16.5. The summed E-state index contributed by atoms with van der Waals surface area (Å²) in [4.78, 5) is 0. The molecule has 1 aromatic carbocycles. The van der Waals surface area contributed by atoms with E-state index < -0.39 is 0 Å². The van der Waals surface area contributed by atoms with Crippen LogP contribution in [0.25, 0.3) is 11.6 Å². The average Bonchev–Trinajstić information content (AvgIpc) is 2.93. The van der Waals surface area contributed by atoms with Gasteiger partial charge >= 0.3 is 0 Å². The van der Waals surface area contributed by atoms with Gasteiger partial charge in [-0.25, -0.2) is 0 Å². The molecule has 0 radical (unpaired) electrons. The normalized spacial score (nSPS) is 16.5. The van der Waals surface area contributed by atoms with E-state index in [1.54, 1.807) is 7.11 Å². The van der Waals surface area contributed by atoms with Crippen LogP contribution >= 0.6 is 0 Å². The number of aromatic nitrogens is 3. The first-order valence-electron chi connectivity index (χ1n) is 8.84. The highest BCUT2D eigenvalue weighted by Crippen LogP contribution is 2.31. The zero-order valence-corrected chi connectivity index (χ0v) is 14.7. The average molecular weight is 348 g/mol. The van der Waals surface area contributed by atoms with Gasteiger partial charge in [-0.3, -0.25) is 0 Å². The van der Waals surface area contributed by atoms with Gasteiger partial charge in [-0.15, -0.1) is 10.2 Å². The molecule has 0 aliphatic carbocycles. The van der Waals surface area contributed by atoms with Crippen LogP contribution in [-0.2, 0) is 13.0 Å². The molecule has 0 bridgehead atoms. The molecule has 1 aromatic heterocycles. The van der Waals surface area contributed by atoms with E-state index in [-0.39, 0.29) is 0 Å². The third kappa shape index (κ3) is 3.08. The van der Waals surface area contributed by atoms with Gasteiger partial charge in [0, 0.05) is 24.6 Å². The Balaban J connectivity index is 1.67. The fraction of sp³-hybridized carbons (Fsp3) is 0.350. The summed E-state index contributed by atoms with van der Waals surface area (Å²) in [6, 6.07) is 8.01. The van der Waals surface area contributed by atoms with Crippen molar-refractivity contribution in [2.45, 2.75) is 32.2 Å². The molecule has 0 fully saturated rings. The van der Waals surface area contributed by atoms with Gasteiger partial charge in [0.2, 0.25) is 0 Å². The van der Waals surface area contributed by atoms with Crippen molar-refractivity contribution in [1.82, 2.24) is 14.8 Å². The van der Waals surface area contributed by atoms with Crippen LogP contribution in [-0.4, -0.2) is 28.5 Å². The van der Waals surface area contributed by atoms with Crippen molar-refractivity contribution in [1.29, 1.82) is 5.26 Å². The summed E-state index contributed by atoms with van der Waals surface area (Å²) >= 11 is 0. The number of ether oxygens (including phenoxy) is 2.